The minimum atomic E-state index is -0.0769. The standard InChI is InChI=1S/C25H26ClN3O3/c1-31-12-13-32-22-9-7-19(8-10-22)25(30)29-11-3-6-24(29)23-17-27-16-21(28-23)15-18-4-2-5-20(26)14-18/h2,4-5,7-10,14,16-17,24H,3,6,11-13,15H2,1H3/t24-/m1/s1. The first kappa shape index (κ1) is 22.2. The minimum Gasteiger partial charge on any atom is -0.491 e. The van der Waals surface area contributed by atoms with Crippen molar-refractivity contribution in [1.29, 1.82) is 0 Å². The molecule has 4 rings (SSSR count). The number of benzene rings is 2. The minimum absolute atomic E-state index is 0.00187. The molecule has 0 bridgehead atoms. The molecule has 1 aliphatic heterocycles. The second-order valence-corrected chi connectivity index (χ2v) is 8.20. The summed E-state index contributed by atoms with van der Waals surface area (Å²) in [6, 6.07) is 14.9. The van der Waals surface area contributed by atoms with Crippen molar-refractivity contribution in [2.24, 2.45) is 0 Å². The molecule has 7 heteroatoms. The van der Waals surface area contributed by atoms with Gasteiger partial charge in [0, 0.05) is 36.9 Å². The molecule has 0 unspecified atom stereocenters. The Morgan fingerprint density at radius 1 is 1.16 bits per heavy atom. The summed E-state index contributed by atoms with van der Waals surface area (Å²) in [5, 5.41) is 0.703. The summed E-state index contributed by atoms with van der Waals surface area (Å²) in [4.78, 5) is 24.3. The third-order valence-corrected chi connectivity index (χ3v) is 5.72. The van der Waals surface area contributed by atoms with Gasteiger partial charge in [0.1, 0.15) is 12.4 Å². The topological polar surface area (TPSA) is 64.6 Å². The number of nitrogens with zero attached hydrogens (tertiary/aromatic N) is 3. The van der Waals surface area contributed by atoms with Gasteiger partial charge in [0.15, 0.2) is 0 Å². The fourth-order valence-electron chi connectivity index (χ4n) is 3.94. The first-order valence-electron chi connectivity index (χ1n) is 10.7. The van der Waals surface area contributed by atoms with Gasteiger partial charge in [0.2, 0.25) is 0 Å². The fraction of sp³-hybridized carbons (Fsp3) is 0.320. The predicted octanol–water partition coefficient (Wildman–Crippen LogP) is 4.72. The predicted molar refractivity (Wildman–Crippen MR) is 123 cm³/mol. The normalized spacial score (nSPS) is 15.7. The number of carbonyl (C=O) groups excluding carboxylic acids is 1. The Bertz CT molecular complexity index is 1060. The van der Waals surface area contributed by atoms with E-state index in [1.165, 1.54) is 0 Å². The number of rotatable bonds is 8. The zero-order chi connectivity index (χ0) is 22.3. The van der Waals surface area contributed by atoms with Crippen LogP contribution in [0, 0.1) is 0 Å². The van der Waals surface area contributed by atoms with Crippen LogP contribution in [0.1, 0.15) is 46.2 Å². The molecule has 1 aliphatic rings. The summed E-state index contributed by atoms with van der Waals surface area (Å²) in [6.45, 7) is 1.70. The number of likely N-dealkylation sites (tertiary alicyclic amines) is 1. The van der Waals surface area contributed by atoms with E-state index in [9.17, 15) is 4.79 Å². The SMILES string of the molecule is COCCOc1ccc(C(=O)N2CCC[C@@H]2c2cncc(Cc3cccc(Cl)c3)n2)cc1. The van der Waals surface area contributed by atoms with Crippen LogP contribution in [0.15, 0.2) is 60.9 Å². The van der Waals surface area contributed by atoms with Gasteiger partial charge < -0.3 is 14.4 Å². The van der Waals surface area contributed by atoms with Gasteiger partial charge in [-0.3, -0.25) is 14.8 Å². The summed E-state index contributed by atoms with van der Waals surface area (Å²) in [5.74, 6) is 0.717. The highest BCUT2D eigenvalue weighted by atomic mass is 35.5. The van der Waals surface area contributed by atoms with Crippen LogP contribution in [0.25, 0.3) is 0 Å². The summed E-state index contributed by atoms with van der Waals surface area (Å²) in [5.41, 5.74) is 3.41. The molecule has 3 aromatic rings. The van der Waals surface area contributed by atoms with E-state index >= 15 is 0 Å². The largest absolute Gasteiger partial charge is 0.491 e. The average molecular weight is 452 g/mol. The lowest BCUT2D eigenvalue weighted by atomic mass is 10.1. The molecule has 1 atom stereocenters. The highest BCUT2D eigenvalue weighted by Gasteiger charge is 2.32. The molecule has 32 heavy (non-hydrogen) atoms. The molecule has 0 radical (unpaired) electrons. The van der Waals surface area contributed by atoms with Crippen LogP contribution in [0.2, 0.25) is 5.02 Å². The number of methoxy groups -OCH3 is 1. The summed E-state index contributed by atoms with van der Waals surface area (Å²) in [7, 11) is 1.63. The first-order chi connectivity index (χ1) is 15.6. The van der Waals surface area contributed by atoms with Gasteiger partial charge in [-0.2, -0.15) is 0 Å². The second kappa shape index (κ2) is 10.6. The van der Waals surface area contributed by atoms with Gasteiger partial charge in [0.25, 0.3) is 5.91 Å². The van der Waals surface area contributed by atoms with Crippen molar-refractivity contribution in [2.75, 3.05) is 26.9 Å². The fourth-order valence-corrected chi connectivity index (χ4v) is 4.16. The molecule has 1 fully saturated rings. The van der Waals surface area contributed by atoms with Crippen LogP contribution in [0.4, 0.5) is 0 Å². The Labute approximate surface area is 193 Å². The Kier molecular flexibility index (Phi) is 7.35. The maximum atomic E-state index is 13.2. The molecule has 0 aliphatic carbocycles. The Morgan fingerprint density at radius 2 is 2.00 bits per heavy atom. The molecular formula is C25H26ClN3O3. The van der Waals surface area contributed by atoms with Gasteiger partial charge >= 0.3 is 0 Å². The number of carbonyl (C=O) groups is 1. The van der Waals surface area contributed by atoms with Gasteiger partial charge in [-0.25, -0.2) is 0 Å². The molecular weight excluding hydrogens is 426 g/mol. The molecule has 2 aromatic carbocycles. The van der Waals surface area contributed by atoms with Crippen molar-refractivity contribution >= 4 is 17.5 Å². The van der Waals surface area contributed by atoms with Crippen LogP contribution < -0.4 is 4.74 Å². The van der Waals surface area contributed by atoms with Crippen LogP contribution in [0.3, 0.4) is 0 Å². The number of aromatic nitrogens is 2. The van der Waals surface area contributed by atoms with Crippen LogP contribution in [0.5, 0.6) is 5.75 Å². The molecule has 6 nitrogen and oxygen atoms in total. The Balaban J connectivity index is 1.47. The van der Waals surface area contributed by atoms with Crippen molar-refractivity contribution in [3.8, 4) is 5.75 Å². The lowest BCUT2D eigenvalue weighted by Gasteiger charge is -2.24. The lowest BCUT2D eigenvalue weighted by Crippen LogP contribution is -2.31. The highest BCUT2D eigenvalue weighted by molar-refractivity contribution is 6.30. The van der Waals surface area contributed by atoms with Gasteiger partial charge in [0.05, 0.1) is 30.2 Å². The van der Waals surface area contributed by atoms with Crippen LogP contribution in [-0.2, 0) is 11.2 Å². The maximum absolute atomic E-state index is 13.2. The smallest absolute Gasteiger partial charge is 0.254 e. The number of hydrogen-bond acceptors (Lipinski definition) is 5. The van der Waals surface area contributed by atoms with Gasteiger partial charge in [-0.15, -0.1) is 0 Å². The number of halogens is 1. The number of ether oxygens (including phenoxy) is 2. The van der Waals surface area contributed by atoms with Crippen molar-refractivity contribution in [1.82, 2.24) is 14.9 Å². The van der Waals surface area contributed by atoms with E-state index in [-0.39, 0.29) is 11.9 Å². The Hall–Kier alpha value is -2.96. The summed E-state index contributed by atoms with van der Waals surface area (Å²) >= 11 is 6.11. The quantitative estimate of drug-likeness (QED) is 0.463. The van der Waals surface area contributed by atoms with E-state index in [1.807, 2.05) is 41.3 Å². The molecule has 1 aromatic heterocycles. The van der Waals surface area contributed by atoms with E-state index in [1.54, 1.807) is 31.6 Å². The molecule has 2 heterocycles. The molecule has 1 amide bonds. The third-order valence-electron chi connectivity index (χ3n) is 5.49. The molecule has 0 spiro atoms. The van der Waals surface area contributed by atoms with Crippen molar-refractivity contribution < 1.29 is 14.3 Å². The zero-order valence-electron chi connectivity index (χ0n) is 18.0. The van der Waals surface area contributed by atoms with E-state index < -0.39 is 0 Å². The number of amides is 1. The lowest BCUT2D eigenvalue weighted by molar-refractivity contribution is 0.0732. The summed E-state index contributed by atoms with van der Waals surface area (Å²) < 4.78 is 10.6. The van der Waals surface area contributed by atoms with Crippen molar-refractivity contribution in [3.05, 3.63) is 88.5 Å². The third kappa shape index (κ3) is 5.44. The Morgan fingerprint density at radius 3 is 2.78 bits per heavy atom. The molecule has 1 saturated heterocycles. The number of hydrogen-bond donors (Lipinski definition) is 0. The van der Waals surface area contributed by atoms with E-state index in [0.29, 0.717) is 36.8 Å². The maximum Gasteiger partial charge on any atom is 0.254 e. The van der Waals surface area contributed by atoms with Crippen molar-refractivity contribution in [2.45, 2.75) is 25.3 Å². The molecule has 0 N–H and O–H groups in total. The highest BCUT2D eigenvalue weighted by Crippen LogP contribution is 2.32. The summed E-state index contributed by atoms with van der Waals surface area (Å²) in [6.07, 6.45) is 6.00. The van der Waals surface area contributed by atoms with Gasteiger partial charge in [-0.1, -0.05) is 23.7 Å². The molecule has 166 valence electrons. The van der Waals surface area contributed by atoms with Crippen LogP contribution >= 0.6 is 11.6 Å². The van der Waals surface area contributed by atoms with Gasteiger partial charge in [-0.05, 0) is 54.8 Å². The van der Waals surface area contributed by atoms with Crippen LogP contribution in [-0.4, -0.2) is 47.6 Å². The van der Waals surface area contributed by atoms with E-state index in [2.05, 4.69) is 4.98 Å². The van der Waals surface area contributed by atoms with E-state index in [0.717, 1.165) is 35.5 Å². The zero-order valence-corrected chi connectivity index (χ0v) is 18.8. The monoisotopic (exact) mass is 451 g/mol. The second-order valence-electron chi connectivity index (χ2n) is 7.76. The van der Waals surface area contributed by atoms with Crippen molar-refractivity contribution in [3.63, 3.8) is 0 Å². The van der Waals surface area contributed by atoms with E-state index in [4.69, 9.17) is 26.1 Å². The first-order valence-corrected chi connectivity index (χ1v) is 11.1. The average Bonchev–Trinajstić information content (AvgIpc) is 3.30. The molecule has 0 saturated carbocycles.